The Morgan fingerprint density at radius 1 is 1.24 bits per heavy atom. The van der Waals surface area contributed by atoms with E-state index in [1.165, 1.54) is 0 Å². The molecule has 0 heterocycles. The lowest BCUT2D eigenvalue weighted by Gasteiger charge is -2.57. The van der Waals surface area contributed by atoms with Crippen molar-refractivity contribution in [2.24, 2.45) is 21.6 Å². The van der Waals surface area contributed by atoms with Gasteiger partial charge < -0.3 is 0 Å². The molecular weight excluding hydrogens is 282 g/mol. The number of nitrogens with zero attached hydrogens (tertiary/aromatic N) is 1. The molecule has 4 rings (SSSR count). The highest BCUT2D eigenvalue weighted by Crippen LogP contribution is 2.60. The second kappa shape index (κ2) is 4.54. The van der Waals surface area contributed by atoms with E-state index < -0.39 is 10.0 Å². The van der Waals surface area contributed by atoms with Crippen LogP contribution in [0.2, 0.25) is 0 Å². The minimum Gasteiger partial charge on any atom is -0.199 e. The maximum absolute atomic E-state index is 12.4. The Morgan fingerprint density at radius 3 is 2.38 bits per heavy atom. The molecule has 3 aliphatic rings. The first-order valence-corrected chi connectivity index (χ1v) is 8.75. The molecule has 0 N–H and O–H groups in total. The number of fused-ring (bicyclic) bond motifs is 2. The van der Waals surface area contributed by atoms with Gasteiger partial charge in [-0.1, -0.05) is 38.1 Å². The third-order valence-electron chi connectivity index (χ3n) is 5.25. The maximum atomic E-state index is 12.4. The van der Waals surface area contributed by atoms with Crippen molar-refractivity contribution in [3.63, 3.8) is 0 Å². The summed E-state index contributed by atoms with van der Waals surface area (Å²) in [6.07, 6.45) is 1.85. The van der Waals surface area contributed by atoms with Gasteiger partial charge in [0.05, 0.1) is 10.6 Å². The van der Waals surface area contributed by atoms with Gasteiger partial charge in [0.15, 0.2) is 0 Å². The monoisotopic (exact) mass is 303 g/mol. The second-order valence-corrected chi connectivity index (χ2v) is 8.47. The molecule has 3 nitrogen and oxygen atoms in total. The zero-order valence-electron chi connectivity index (χ0n) is 12.8. The first-order valence-electron chi connectivity index (χ1n) is 7.31. The first-order chi connectivity index (χ1) is 9.72. The van der Waals surface area contributed by atoms with Crippen LogP contribution in [0.15, 0.2) is 45.7 Å². The minimum absolute atomic E-state index is 0.240. The number of hydrogen-bond acceptors (Lipinski definition) is 2. The molecule has 0 unspecified atom stereocenters. The predicted molar refractivity (Wildman–Crippen MR) is 84.9 cm³/mol. The Morgan fingerprint density at radius 2 is 1.86 bits per heavy atom. The Balaban J connectivity index is 1.92. The van der Waals surface area contributed by atoms with Crippen LogP contribution in [-0.2, 0) is 10.0 Å². The van der Waals surface area contributed by atoms with Crippen molar-refractivity contribution in [1.82, 2.24) is 0 Å². The van der Waals surface area contributed by atoms with Gasteiger partial charge in [-0.2, -0.15) is 12.8 Å². The van der Waals surface area contributed by atoms with Crippen LogP contribution >= 0.6 is 0 Å². The van der Waals surface area contributed by atoms with E-state index in [0.717, 1.165) is 24.0 Å². The summed E-state index contributed by atoms with van der Waals surface area (Å²) in [5.74, 6) is 0.906. The summed E-state index contributed by atoms with van der Waals surface area (Å²) < 4.78 is 28.9. The minimum atomic E-state index is -3.62. The normalized spacial score (nSPS) is 29.3. The third kappa shape index (κ3) is 2.26. The van der Waals surface area contributed by atoms with Crippen LogP contribution in [0.25, 0.3) is 0 Å². The van der Waals surface area contributed by atoms with Crippen LogP contribution in [-0.4, -0.2) is 14.1 Å². The molecule has 3 aliphatic carbocycles. The van der Waals surface area contributed by atoms with E-state index in [-0.39, 0.29) is 10.3 Å². The highest BCUT2D eigenvalue weighted by atomic mass is 32.2. The fourth-order valence-electron chi connectivity index (χ4n) is 3.52. The van der Waals surface area contributed by atoms with Crippen molar-refractivity contribution in [3.05, 3.63) is 42.0 Å². The molecule has 0 spiro atoms. The molecule has 2 atom stereocenters. The Kier molecular flexibility index (Phi) is 3.14. The quantitative estimate of drug-likeness (QED) is 0.835. The lowest BCUT2D eigenvalue weighted by atomic mass is 9.47. The molecule has 4 heteroatoms. The smallest absolute Gasteiger partial charge is 0.199 e. The standard InChI is InChI=1S/C17H21NO2S/c1-11-5-7-14(8-6-11)21(19,20)18-16-10-13-9-15(12(16)2)17(13,3)4/h5-8,13,15H,2,9-10H2,1,3-4H3/b18-16+/t13-,15+/m0/s1. The van der Waals surface area contributed by atoms with Gasteiger partial charge in [0.1, 0.15) is 0 Å². The SMILES string of the molecule is C=C1/C(=N/S(=O)(=O)c2ccc(C)cc2)C[C@@H]2C[C@H]1C2(C)C. The number of hydrogen-bond donors (Lipinski definition) is 0. The van der Waals surface area contributed by atoms with Crippen LogP contribution in [0.1, 0.15) is 32.3 Å². The molecule has 3 fully saturated rings. The van der Waals surface area contributed by atoms with E-state index in [9.17, 15) is 8.42 Å². The van der Waals surface area contributed by atoms with Crippen molar-refractivity contribution in [1.29, 1.82) is 0 Å². The fraction of sp³-hybridized carbons (Fsp3) is 0.471. The van der Waals surface area contributed by atoms with Crippen molar-refractivity contribution in [3.8, 4) is 0 Å². The second-order valence-electron chi connectivity index (χ2n) is 6.86. The number of aryl methyl sites for hydroxylation is 1. The fourth-order valence-corrected chi connectivity index (χ4v) is 4.59. The van der Waals surface area contributed by atoms with E-state index in [1.807, 2.05) is 6.92 Å². The summed E-state index contributed by atoms with van der Waals surface area (Å²) >= 11 is 0. The lowest BCUT2D eigenvalue weighted by Crippen LogP contribution is -2.52. The van der Waals surface area contributed by atoms with Gasteiger partial charge >= 0.3 is 0 Å². The van der Waals surface area contributed by atoms with E-state index in [2.05, 4.69) is 24.8 Å². The highest BCUT2D eigenvalue weighted by molar-refractivity contribution is 7.90. The van der Waals surface area contributed by atoms with Crippen molar-refractivity contribution in [2.75, 3.05) is 0 Å². The number of benzene rings is 1. The summed E-state index contributed by atoms with van der Waals surface area (Å²) in [5.41, 5.74) is 2.87. The lowest BCUT2D eigenvalue weighted by molar-refractivity contribution is 0.00185. The zero-order chi connectivity index (χ0) is 15.4. The van der Waals surface area contributed by atoms with Crippen molar-refractivity contribution in [2.45, 2.75) is 38.5 Å². The Bertz CT molecular complexity index is 727. The molecule has 1 aromatic carbocycles. The molecule has 21 heavy (non-hydrogen) atoms. The molecular formula is C17H21NO2S. The van der Waals surface area contributed by atoms with Crippen LogP contribution in [0.4, 0.5) is 0 Å². The average molecular weight is 303 g/mol. The molecule has 0 saturated heterocycles. The Hall–Kier alpha value is -1.42. The molecule has 2 bridgehead atoms. The van der Waals surface area contributed by atoms with Gasteiger partial charge in [0, 0.05) is 0 Å². The van der Waals surface area contributed by atoms with Crippen molar-refractivity contribution < 1.29 is 8.42 Å². The van der Waals surface area contributed by atoms with Crippen LogP contribution in [0, 0.1) is 24.2 Å². The topological polar surface area (TPSA) is 46.5 Å². The van der Waals surface area contributed by atoms with E-state index in [4.69, 9.17) is 0 Å². The number of sulfonamides is 1. The van der Waals surface area contributed by atoms with Crippen molar-refractivity contribution >= 4 is 15.7 Å². The van der Waals surface area contributed by atoms with Gasteiger partial charge in [-0.3, -0.25) is 0 Å². The summed E-state index contributed by atoms with van der Waals surface area (Å²) in [4.78, 5) is 0.256. The first kappa shape index (κ1) is 14.5. The number of rotatable bonds is 2. The van der Waals surface area contributed by atoms with E-state index >= 15 is 0 Å². The zero-order valence-corrected chi connectivity index (χ0v) is 13.6. The van der Waals surface area contributed by atoms with Gasteiger partial charge in [-0.25, -0.2) is 0 Å². The predicted octanol–water partition coefficient (Wildman–Crippen LogP) is 3.75. The van der Waals surface area contributed by atoms with Gasteiger partial charge in [0.25, 0.3) is 10.0 Å². The van der Waals surface area contributed by atoms with E-state index in [0.29, 0.717) is 17.5 Å². The number of allylic oxidation sites excluding steroid dienone is 1. The van der Waals surface area contributed by atoms with Gasteiger partial charge in [-0.15, -0.1) is 0 Å². The highest BCUT2D eigenvalue weighted by Gasteiger charge is 2.54. The summed E-state index contributed by atoms with van der Waals surface area (Å²) in [5, 5.41) is 0. The maximum Gasteiger partial charge on any atom is 0.282 e. The Labute approximate surface area is 126 Å². The molecule has 0 aliphatic heterocycles. The van der Waals surface area contributed by atoms with Crippen LogP contribution < -0.4 is 0 Å². The van der Waals surface area contributed by atoms with Crippen LogP contribution in [0.3, 0.4) is 0 Å². The summed E-state index contributed by atoms with van der Waals surface area (Å²) in [6.45, 7) is 10.5. The molecule has 112 valence electrons. The summed E-state index contributed by atoms with van der Waals surface area (Å²) in [7, 11) is -3.62. The average Bonchev–Trinajstić information content (AvgIpc) is 2.40. The third-order valence-corrected chi connectivity index (χ3v) is 6.58. The molecule has 3 saturated carbocycles. The van der Waals surface area contributed by atoms with E-state index in [1.54, 1.807) is 24.3 Å². The largest absolute Gasteiger partial charge is 0.282 e. The molecule has 1 aromatic rings. The van der Waals surface area contributed by atoms with Gasteiger partial charge in [0.2, 0.25) is 0 Å². The van der Waals surface area contributed by atoms with Crippen LogP contribution in [0.5, 0.6) is 0 Å². The van der Waals surface area contributed by atoms with Gasteiger partial charge in [-0.05, 0) is 54.7 Å². The summed E-state index contributed by atoms with van der Waals surface area (Å²) in [6, 6.07) is 6.82. The molecule has 0 aromatic heterocycles. The molecule has 0 amide bonds. The molecule has 0 radical (unpaired) electrons.